The van der Waals surface area contributed by atoms with Crippen LogP contribution >= 0.6 is 0 Å². The Hall–Kier alpha value is -0.860. The predicted molar refractivity (Wildman–Crippen MR) is 68.7 cm³/mol. The van der Waals surface area contributed by atoms with E-state index in [4.69, 9.17) is 0 Å². The van der Waals surface area contributed by atoms with Crippen LogP contribution in [0.3, 0.4) is 0 Å². The van der Waals surface area contributed by atoms with E-state index in [-0.39, 0.29) is 0 Å². The summed E-state index contributed by atoms with van der Waals surface area (Å²) in [6.07, 6.45) is 5.76. The molecule has 17 heavy (non-hydrogen) atoms. The molecule has 2 aliphatic rings. The molecule has 92 valence electrons. The van der Waals surface area contributed by atoms with Gasteiger partial charge < -0.3 is 10.4 Å². The van der Waals surface area contributed by atoms with E-state index in [2.05, 4.69) is 35.6 Å². The van der Waals surface area contributed by atoms with Gasteiger partial charge in [-0.1, -0.05) is 30.3 Å². The average Bonchev–Trinajstić information content (AvgIpc) is 3.13. The van der Waals surface area contributed by atoms with Crippen molar-refractivity contribution in [1.82, 2.24) is 5.32 Å². The summed E-state index contributed by atoms with van der Waals surface area (Å²) in [7, 11) is 0. The Balaban J connectivity index is 1.64. The van der Waals surface area contributed by atoms with Crippen molar-refractivity contribution in [1.29, 1.82) is 0 Å². The first-order valence-corrected chi connectivity index (χ1v) is 6.78. The Morgan fingerprint density at radius 2 is 1.94 bits per heavy atom. The van der Waals surface area contributed by atoms with Crippen LogP contribution in [0.4, 0.5) is 0 Å². The Morgan fingerprint density at radius 1 is 1.24 bits per heavy atom. The van der Waals surface area contributed by atoms with E-state index < -0.39 is 5.60 Å². The number of aliphatic hydroxyl groups is 1. The summed E-state index contributed by atoms with van der Waals surface area (Å²) in [5.74, 6) is 0.779. The highest BCUT2D eigenvalue weighted by Crippen LogP contribution is 2.41. The SMILES string of the molecule is OC1(CNC(c2ccccc2)C2CC2)CCC1. The minimum absolute atomic E-state index is 0.415. The minimum atomic E-state index is -0.415. The lowest BCUT2D eigenvalue weighted by Gasteiger charge is -2.38. The molecule has 2 nitrogen and oxygen atoms in total. The fourth-order valence-corrected chi connectivity index (χ4v) is 2.71. The highest BCUT2D eigenvalue weighted by atomic mass is 16.3. The Kier molecular flexibility index (Phi) is 2.93. The summed E-state index contributed by atoms with van der Waals surface area (Å²) in [6, 6.07) is 11.1. The van der Waals surface area contributed by atoms with E-state index in [0.717, 1.165) is 25.3 Å². The zero-order valence-corrected chi connectivity index (χ0v) is 10.2. The molecule has 3 rings (SSSR count). The van der Waals surface area contributed by atoms with E-state index in [1.54, 1.807) is 0 Å². The number of rotatable bonds is 5. The normalized spacial score (nSPS) is 24.1. The van der Waals surface area contributed by atoms with Gasteiger partial charge in [0.1, 0.15) is 0 Å². The number of nitrogens with one attached hydrogen (secondary N) is 1. The first-order chi connectivity index (χ1) is 8.27. The molecule has 0 heterocycles. The monoisotopic (exact) mass is 231 g/mol. The van der Waals surface area contributed by atoms with Gasteiger partial charge in [-0.2, -0.15) is 0 Å². The van der Waals surface area contributed by atoms with E-state index in [9.17, 15) is 5.11 Å². The van der Waals surface area contributed by atoms with Crippen molar-refractivity contribution in [2.75, 3.05) is 6.54 Å². The second-order valence-electron chi connectivity index (χ2n) is 5.68. The molecule has 2 aliphatic carbocycles. The van der Waals surface area contributed by atoms with Gasteiger partial charge >= 0.3 is 0 Å². The molecule has 0 bridgehead atoms. The molecule has 1 aromatic rings. The minimum Gasteiger partial charge on any atom is -0.389 e. The lowest BCUT2D eigenvalue weighted by molar-refractivity contribution is -0.0337. The van der Waals surface area contributed by atoms with Crippen molar-refractivity contribution in [2.24, 2.45) is 5.92 Å². The molecule has 2 heteroatoms. The van der Waals surface area contributed by atoms with Gasteiger partial charge in [-0.15, -0.1) is 0 Å². The third-order valence-corrected chi connectivity index (χ3v) is 4.19. The van der Waals surface area contributed by atoms with Gasteiger partial charge in [0.05, 0.1) is 5.60 Å². The predicted octanol–water partition coefficient (Wildman–Crippen LogP) is 2.64. The summed E-state index contributed by atoms with van der Waals surface area (Å²) in [5, 5.41) is 13.7. The molecule has 2 fully saturated rings. The quantitative estimate of drug-likeness (QED) is 0.816. The van der Waals surface area contributed by atoms with Crippen LogP contribution in [0.2, 0.25) is 0 Å². The second-order valence-corrected chi connectivity index (χ2v) is 5.68. The van der Waals surface area contributed by atoms with Crippen LogP contribution in [-0.4, -0.2) is 17.3 Å². The molecule has 0 aliphatic heterocycles. The lowest BCUT2D eigenvalue weighted by atomic mass is 9.80. The summed E-state index contributed by atoms with van der Waals surface area (Å²) in [5.41, 5.74) is 0.958. The third kappa shape index (κ3) is 2.53. The Bertz CT molecular complexity index is 368. The Labute approximate surface area is 103 Å². The molecule has 0 amide bonds. The number of hydrogen-bond acceptors (Lipinski definition) is 2. The van der Waals surface area contributed by atoms with Crippen molar-refractivity contribution in [3.63, 3.8) is 0 Å². The zero-order valence-electron chi connectivity index (χ0n) is 10.2. The van der Waals surface area contributed by atoms with Crippen LogP contribution in [0, 0.1) is 5.92 Å². The summed E-state index contributed by atoms with van der Waals surface area (Å²) in [4.78, 5) is 0. The van der Waals surface area contributed by atoms with Crippen LogP contribution in [-0.2, 0) is 0 Å². The fourth-order valence-electron chi connectivity index (χ4n) is 2.71. The van der Waals surface area contributed by atoms with Crippen LogP contribution in [0.5, 0.6) is 0 Å². The van der Waals surface area contributed by atoms with Crippen molar-refractivity contribution >= 4 is 0 Å². The van der Waals surface area contributed by atoms with Crippen LogP contribution < -0.4 is 5.32 Å². The summed E-state index contributed by atoms with van der Waals surface area (Å²) < 4.78 is 0. The molecule has 2 saturated carbocycles. The summed E-state index contributed by atoms with van der Waals surface area (Å²) in [6.45, 7) is 0.753. The highest BCUT2D eigenvalue weighted by molar-refractivity contribution is 5.21. The molecule has 1 unspecified atom stereocenters. The average molecular weight is 231 g/mol. The third-order valence-electron chi connectivity index (χ3n) is 4.19. The van der Waals surface area contributed by atoms with Crippen molar-refractivity contribution in [3.05, 3.63) is 35.9 Å². The molecule has 2 N–H and O–H groups in total. The topological polar surface area (TPSA) is 32.3 Å². The fraction of sp³-hybridized carbons (Fsp3) is 0.600. The van der Waals surface area contributed by atoms with Crippen LogP contribution in [0.25, 0.3) is 0 Å². The van der Waals surface area contributed by atoms with Crippen LogP contribution in [0.1, 0.15) is 43.7 Å². The molecule has 0 radical (unpaired) electrons. The van der Waals surface area contributed by atoms with Gasteiger partial charge in [-0.3, -0.25) is 0 Å². The summed E-state index contributed by atoms with van der Waals surface area (Å²) >= 11 is 0. The molecule has 0 spiro atoms. The second kappa shape index (κ2) is 4.43. The van der Waals surface area contributed by atoms with Gasteiger partial charge in [0, 0.05) is 12.6 Å². The zero-order chi connectivity index (χ0) is 11.7. The van der Waals surface area contributed by atoms with Gasteiger partial charge in [-0.25, -0.2) is 0 Å². The van der Waals surface area contributed by atoms with E-state index in [1.807, 2.05) is 0 Å². The molecule has 0 aromatic heterocycles. The molecular formula is C15H21NO. The smallest absolute Gasteiger partial charge is 0.0771 e. The lowest BCUT2D eigenvalue weighted by Crippen LogP contribution is -2.47. The van der Waals surface area contributed by atoms with Gasteiger partial charge in [-0.05, 0) is 43.6 Å². The maximum Gasteiger partial charge on any atom is 0.0771 e. The Morgan fingerprint density at radius 3 is 2.47 bits per heavy atom. The van der Waals surface area contributed by atoms with E-state index in [1.165, 1.54) is 24.8 Å². The van der Waals surface area contributed by atoms with Crippen molar-refractivity contribution < 1.29 is 5.11 Å². The van der Waals surface area contributed by atoms with Crippen molar-refractivity contribution in [3.8, 4) is 0 Å². The first kappa shape index (κ1) is 11.2. The van der Waals surface area contributed by atoms with E-state index >= 15 is 0 Å². The number of benzene rings is 1. The molecule has 1 aromatic carbocycles. The maximum absolute atomic E-state index is 10.1. The number of hydrogen-bond donors (Lipinski definition) is 2. The standard InChI is InChI=1S/C15H21NO/c17-15(9-4-10-15)11-16-14(13-7-8-13)12-5-2-1-3-6-12/h1-3,5-6,13-14,16-17H,4,7-11H2. The largest absolute Gasteiger partial charge is 0.389 e. The van der Waals surface area contributed by atoms with Crippen molar-refractivity contribution in [2.45, 2.75) is 43.7 Å². The van der Waals surface area contributed by atoms with Crippen LogP contribution in [0.15, 0.2) is 30.3 Å². The molecule has 0 saturated heterocycles. The van der Waals surface area contributed by atoms with Gasteiger partial charge in [0.15, 0.2) is 0 Å². The van der Waals surface area contributed by atoms with E-state index in [0.29, 0.717) is 6.04 Å². The molecular weight excluding hydrogens is 210 g/mol. The maximum atomic E-state index is 10.1. The van der Waals surface area contributed by atoms with Gasteiger partial charge in [0.25, 0.3) is 0 Å². The molecule has 1 atom stereocenters. The van der Waals surface area contributed by atoms with Gasteiger partial charge in [0.2, 0.25) is 0 Å². The first-order valence-electron chi connectivity index (χ1n) is 6.78. The highest BCUT2D eigenvalue weighted by Gasteiger charge is 2.37.